The molecule has 1 N–H and O–H groups in total. The molecule has 3 aromatic rings. The van der Waals surface area contributed by atoms with Gasteiger partial charge in [0.05, 0.1) is 7.92 Å². The van der Waals surface area contributed by atoms with Gasteiger partial charge in [-0.3, -0.25) is 0 Å². The molecule has 0 aromatic heterocycles. The Bertz CT molecular complexity index is 677. The SMILES string of the molecule is [CH3-].[NH]=[Re]([Cl])([Cl])[Cl].c1ccc([PH+](c2ccccc2)c2ccccc2)cc1. The van der Waals surface area contributed by atoms with Gasteiger partial charge in [-0.1, -0.05) is 54.6 Å². The monoisotopic (exact) mass is 585 g/mol. The minimum absolute atomic E-state index is 0. The van der Waals surface area contributed by atoms with Crippen LogP contribution in [0.2, 0.25) is 0 Å². The van der Waals surface area contributed by atoms with Gasteiger partial charge in [0.1, 0.15) is 15.9 Å². The molecule has 0 aliphatic heterocycles. The maximum Gasteiger partial charge on any atom is 0.102 e. The average Bonchev–Trinajstić information content (AvgIpc) is 2.57. The van der Waals surface area contributed by atoms with E-state index >= 15 is 0 Å². The Hall–Kier alpha value is -0.578. The van der Waals surface area contributed by atoms with Crippen LogP contribution >= 0.6 is 36.5 Å². The first-order valence-electron chi connectivity index (χ1n) is 7.10. The number of hydrogen-bond donors (Lipinski definition) is 1. The zero-order valence-corrected chi connectivity index (χ0v) is 19.7. The second-order valence-electron chi connectivity index (χ2n) is 4.85. The predicted octanol–water partition coefficient (Wildman–Crippen LogP) is 5.99. The molecule has 3 rings (SSSR count). The van der Waals surface area contributed by atoms with E-state index in [9.17, 15) is 0 Å². The van der Waals surface area contributed by atoms with Gasteiger partial charge in [-0.05, 0) is 36.4 Å². The number of hydrogen-bond acceptors (Lipinski definition) is 1. The van der Waals surface area contributed by atoms with E-state index in [0.717, 1.165) is 0 Å². The minimum atomic E-state index is -3.44. The van der Waals surface area contributed by atoms with Gasteiger partial charge in [0.2, 0.25) is 0 Å². The molecular weight excluding hydrogens is 566 g/mol. The molecule has 0 saturated heterocycles. The first-order chi connectivity index (χ1) is 11.4. The first kappa shape index (κ1) is 22.5. The molecule has 25 heavy (non-hydrogen) atoms. The Labute approximate surface area is 166 Å². The van der Waals surface area contributed by atoms with Crippen LogP contribution in [0.5, 0.6) is 0 Å². The van der Waals surface area contributed by atoms with E-state index in [1.165, 1.54) is 15.9 Å². The van der Waals surface area contributed by atoms with Crippen LogP contribution in [0, 0.1) is 11.4 Å². The summed E-state index contributed by atoms with van der Waals surface area (Å²) in [7, 11) is 13.9. The Balaban J connectivity index is 0.000000462. The Morgan fingerprint density at radius 1 is 0.560 bits per heavy atom. The summed E-state index contributed by atoms with van der Waals surface area (Å²) in [6, 6.07) is 32.5. The summed E-state index contributed by atoms with van der Waals surface area (Å²) in [4.78, 5) is 0. The zero-order chi connectivity index (χ0) is 17.4. The van der Waals surface area contributed by atoms with Crippen molar-refractivity contribution in [1.82, 2.24) is 0 Å². The molecule has 0 amide bonds. The molecule has 0 atom stereocenters. The van der Waals surface area contributed by atoms with E-state index in [1.807, 2.05) is 0 Å². The van der Waals surface area contributed by atoms with Gasteiger partial charge in [0.15, 0.2) is 0 Å². The van der Waals surface area contributed by atoms with Crippen LogP contribution in [0.25, 0.3) is 0 Å². The van der Waals surface area contributed by atoms with Gasteiger partial charge in [0, 0.05) is 0 Å². The summed E-state index contributed by atoms with van der Waals surface area (Å²) < 4.78 is 6.44. The second-order valence-corrected chi connectivity index (χ2v) is 24.2. The third-order valence-electron chi connectivity index (χ3n) is 3.19. The normalized spacial score (nSPS) is 11.0. The summed E-state index contributed by atoms with van der Waals surface area (Å²) >= 11 is -3.44. The minimum Gasteiger partial charge on any atom is -0.0620 e. The zero-order valence-electron chi connectivity index (χ0n) is 13.7. The van der Waals surface area contributed by atoms with Crippen LogP contribution in [0.15, 0.2) is 91.0 Å². The molecule has 0 fully saturated rings. The molecule has 0 radical (unpaired) electrons. The Morgan fingerprint density at radius 3 is 0.960 bits per heavy atom. The molecule has 0 spiro atoms. The Morgan fingerprint density at radius 2 is 0.760 bits per heavy atom. The van der Waals surface area contributed by atoms with Crippen molar-refractivity contribution in [1.29, 1.82) is 3.99 Å². The van der Waals surface area contributed by atoms with E-state index in [-0.39, 0.29) is 7.43 Å². The van der Waals surface area contributed by atoms with Crippen LogP contribution in [-0.2, 0) is 12.3 Å². The van der Waals surface area contributed by atoms with Crippen molar-refractivity contribution in [3.05, 3.63) is 98.4 Å². The smallest absolute Gasteiger partial charge is 0.0620 e. The molecule has 1 nitrogen and oxygen atoms in total. The maximum atomic E-state index is 6.44. The van der Waals surface area contributed by atoms with Crippen LogP contribution < -0.4 is 15.9 Å². The summed E-state index contributed by atoms with van der Waals surface area (Å²) in [5.74, 6) is 0. The summed E-state index contributed by atoms with van der Waals surface area (Å²) in [5.41, 5.74) is 0. The van der Waals surface area contributed by atoms with Crippen LogP contribution in [0.3, 0.4) is 0 Å². The summed E-state index contributed by atoms with van der Waals surface area (Å²) in [6.45, 7) is 0. The van der Waals surface area contributed by atoms with E-state index in [2.05, 4.69) is 91.0 Å². The topological polar surface area (TPSA) is 23.9 Å². The third kappa shape index (κ3) is 8.57. The maximum absolute atomic E-state index is 6.44. The molecule has 3 aromatic carbocycles. The predicted molar refractivity (Wildman–Crippen MR) is 113 cm³/mol. The van der Waals surface area contributed by atoms with Gasteiger partial charge in [0.25, 0.3) is 0 Å². The molecular formula is C19H20Cl3NPRe. The molecule has 0 heterocycles. The van der Waals surface area contributed by atoms with E-state index in [0.29, 0.717) is 0 Å². The van der Waals surface area contributed by atoms with Crippen molar-refractivity contribution < 1.29 is 12.3 Å². The molecule has 0 saturated carbocycles. The Kier molecular flexibility index (Phi) is 10.1. The van der Waals surface area contributed by atoms with Crippen LogP contribution in [0.4, 0.5) is 0 Å². The second kappa shape index (κ2) is 11.2. The number of halogens is 3. The average molecular weight is 586 g/mol. The third-order valence-corrected chi connectivity index (χ3v) is 5.92. The quantitative estimate of drug-likeness (QED) is 0.288. The molecule has 0 bridgehead atoms. The van der Waals surface area contributed by atoms with Crippen molar-refractivity contribution in [2.75, 3.05) is 0 Å². The van der Waals surface area contributed by atoms with Gasteiger partial charge < -0.3 is 7.43 Å². The van der Waals surface area contributed by atoms with Crippen molar-refractivity contribution in [3.8, 4) is 0 Å². The van der Waals surface area contributed by atoms with E-state index in [1.54, 1.807) is 0 Å². The summed E-state index contributed by atoms with van der Waals surface area (Å²) in [5, 5.41) is 4.31. The van der Waals surface area contributed by atoms with E-state index < -0.39 is 20.2 Å². The van der Waals surface area contributed by atoms with E-state index in [4.69, 9.17) is 32.6 Å². The molecule has 134 valence electrons. The fraction of sp³-hybridized carbons (Fsp3) is 0. The van der Waals surface area contributed by atoms with Crippen LogP contribution in [0.1, 0.15) is 0 Å². The van der Waals surface area contributed by atoms with Gasteiger partial charge in [-0.15, -0.1) is 0 Å². The number of rotatable bonds is 3. The van der Waals surface area contributed by atoms with Gasteiger partial charge >= 0.3 is 44.9 Å². The molecule has 0 unspecified atom stereocenters. The molecule has 0 aliphatic rings. The first-order valence-corrected chi connectivity index (χ1v) is 20.1. The molecule has 0 aliphatic carbocycles. The van der Waals surface area contributed by atoms with Crippen molar-refractivity contribution in [2.45, 2.75) is 0 Å². The van der Waals surface area contributed by atoms with Crippen LogP contribution in [-0.4, -0.2) is 0 Å². The van der Waals surface area contributed by atoms with Gasteiger partial charge in [-0.25, -0.2) is 0 Å². The van der Waals surface area contributed by atoms with Gasteiger partial charge in [-0.2, -0.15) is 0 Å². The fourth-order valence-electron chi connectivity index (χ4n) is 2.31. The largest absolute Gasteiger partial charge is 0.102 e. The standard InChI is InChI=1S/C18H15P.CH3.3ClH.HN.Re/c1-4-10-16(11-5-1)19(17-12-6-2-7-13-17)18-14-8-3-9-15-18;;;;;;/h1-15H;1H3;4*1H;/q;-1;;;;;+3/p-2. The van der Waals surface area contributed by atoms with Crippen molar-refractivity contribution in [2.24, 2.45) is 0 Å². The van der Waals surface area contributed by atoms with Crippen molar-refractivity contribution in [3.63, 3.8) is 0 Å². The fourth-order valence-corrected chi connectivity index (χ4v) is 4.89. The number of nitrogens with one attached hydrogen (secondary N) is 1. The molecule has 6 heteroatoms. The number of benzene rings is 3. The van der Waals surface area contributed by atoms with Crippen molar-refractivity contribution >= 4 is 52.4 Å². The summed E-state index contributed by atoms with van der Waals surface area (Å²) in [6.07, 6.45) is 0.